The number of anilines is 1. The molecule has 1 amide bonds. The Kier molecular flexibility index (Phi) is 4.39. The molecule has 1 unspecified atom stereocenters. The van der Waals surface area contributed by atoms with Gasteiger partial charge in [0, 0.05) is 5.69 Å². The van der Waals surface area contributed by atoms with E-state index in [9.17, 15) is 18.0 Å². The molecule has 1 fully saturated rings. The maximum absolute atomic E-state index is 12.5. The number of amides is 1. The summed E-state index contributed by atoms with van der Waals surface area (Å²) in [5, 5.41) is 2.41. The molecule has 1 N–H and O–H groups in total. The molecule has 0 spiro atoms. The lowest BCUT2D eigenvalue weighted by Crippen LogP contribution is -2.27. The molecule has 0 aromatic heterocycles. The van der Waals surface area contributed by atoms with Gasteiger partial charge in [-0.2, -0.15) is 13.2 Å². The highest BCUT2D eigenvalue weighted by atomic mass is 32.2. The van der Waals surface area contributed by atoms with Gasteiger partial charge in [0.2, 0.25) is 5.91 Å². The van der Waals surface area contributed by atoms with Crippen LogP contribution in [0.2, 0.25) is 0 Å². The Morgan fingerprint density at radius 1 is 1.32 bits per heavy atom. The number of hydrogen-bond acceptors (Lipinski definition) is 2. The predicted octanol–water partition coefficient (Wildman–Crippen LogP) is 3.93. The minimum atomic E-state index is -4.39. The summed E-state index contributed by atoms with van der Waals surface area (Å²) in [5.41, 5.74) is -0.549. The van der Waals surface area contributed by atoms with Crippen LogP contribution in [0.3, 0.4) is 0 Å². The first-order valence-electron chi connectivity index (χ1n) is 6.06. The Hall–Kier alpha value is -1.17. The third-order valence-electron chi connectivity index (χ3n) is 2.93. The van der Waals surface area contributed by atoms with Crippen LogP contribution in [0.25, 0.3) is 0 Å². The van der Waals surface area contributed by atoms with Crippen molar-refractivity contribution in [2.75, 3.05) is 11.1 Å². The second kappa shape index (κ2) is 5.86. The molecule has 2 rings (SSSR count). The number of rotatable bonds is 2. The minimum absolute atomic E-state index is 0.150. The van der Waals surface area contributed by atoms with Crippen molar-refractivity contribution < 1.29 is 18.0 Å². The zero-order valence-electron chi connectivity index (χ0n) is 10.2. The molecule has 1 heterocycles. The van der Waals surface area contributed by atoms with E-state index in [1.165, 1.54) is 12.1 Å². The van der Waals surface area contributed by atoms with Gasteiger partial charge in [-0.15, -0.1) is 11.8 Å². The van der Waals surface area contributed by atoms with E-state index in [2.05, 4.69) is 5.32 Å². The van der Waals surface area contributed by atoms with Crippen LogP contribution >= 0.6 is 11.8 Å². The molecule has 1 aromatic carbocycles. The van der Waals surface area contributed by atoms with Gasteiger partial charge in [0.1, 0.15) is 0 Å². The molecule has 2 nitrogen and oxygen atoms in total. The molecule has 1 atom stereocenters. The number of benzene rings is 1. The summed E-state index contributed by atoms with van der Waals surface area (Å²) >= 11 is 1.57. The first-order valence-corrected chi connectivity index (χ1v) is 7.11. The first kappa shape index (κ1) is 14.2. The average molecular weight is 289 g/mol. The summed E-state index contributed by atoms with van der Waals surface area (Å²) in [5.74, 6) is 0.727. The molecule has 0 bridgehead atoms. The number of carbonyl (C=O) groups excluding carboxylic acids is 1. The molecule has 104 valence electrons. The Bertz CT molecular complexity index is 455. The normalized spacial score (nSPS) is 20.1. The van der Waals surface area contributed by atoms with Gasteiger partial charge in [-0.1, -0.05) is 12.5 Å². The maximum Gasteiger partial charge on any atom is 0.416 e. The molecule has 1 saturated heterocycles. The van der Waals surface area contributed by atoms with Crippen molar-refractivity contribution in [1.82, 2.24) is 0 Å². The van der Waals surface area contributed by atoms with Crippen LogP contribution in [0.4, 0.5) is 18.9 Å². The quantitative estimate of drug-likeness (QED) is 0.893. The van der Waals surface area contributed by atoms with Crippen LogP contribution in [0.15, 0.2) is 24.3 Å². The number of hydrogen-bond donors (Lipinski definition) is 1. The lowest BCUT2D eigenvalue weighted by molar-refractivity contribution is -0.137. The monoisotopic (exact) mass is 289 g/mol. The SMILES string of the molecule is O=C(Nc1cccc(C(F)(F)F)c1)C1CCCCS1. The first-order chi connectivity index (χ1) is 8.97. The van der Waals surface area contributed by atoms with E-state index in [0.29, 0.717) is 0 Å². The second-order valence-electron chi connectivity index (χ2n) is 4.42. The van der Waals surface area contributed by atoms with Crippen molar-refractivity contribution in [2.24, 2.45) is 0 Å². The zero-order valence-corrected chi connectivity index (χ0v) is 11.0. The van der Waals surface area contributed by atoms with Gasteiger partial charge in [0.25, 0.3) is 0 Å². The number of carbonyl (C=O) groups is 1. The third-order valence-corrected chi connectivity index (χ3v) is 4.31. The summed E-state index contributed by atoms with van der Waals surface area (Å²) in [7, 11) is 0. The van der Waals surface area contributed by atoms with Gasteiger partial charge < -0.3 is 5.32 Å². The molecule has 6 heteroatoms. The number of thioether (sulfide) groups is 1. The van der Waals surface area contributed by atoms with Gasteiger partial charge in [-0.25, -0.2) is 0 Å². The van der Waals surface area contributed by atoms with E-state index in [1.54, 1.807) is 11.8 Å². The summed E-state index contributed by atoms with van der Waals surface area (Å²) in [6.45, 7) is 0. The Balaban J connectivity index is 2.04. The van der Waals surface area contributed by atoms with Crippen LogP contribution in [0.1, 0.15) is 24.8 Å². The molecule has 19 heavy (non-hydrogen) atoms. The van der Waals surface area contributed by atoms with E-state index in [0.717, 1.165) is 37.1 Å². The average Bonchev–Trinajstić information content (AvgIpc) is 2.39. The number of halogens is 3. The van der Waals surface area contributed by atoms with E-state index in [-0.39, 0.29) is 16.8 Å². The Labute approximate surface area is 113 Å². The fraction of sp³-hybridized carbons (Fsp3) is 0.462. The van der Waals surface area contributed by atoms with Gasteiger partial charge in [0.05, 0.1) is 10.8 Å². The van der Waals surface area contributed by atoms with Gasteiger partial charge in [-0.3, -0.25) is 4.79 Å². The smallest absolute Gasteiger partial charge is 0.325 e. The zero-order chi connectivity index (χ0) is 13.9. The number of nitrogens with one attached hydrogen (secondary N) is 1. The van der Waals surface area contributed by atoms with E-state index >= 15 is 0 Å². The maximum atomic E-state index is 12.5. The van der Waals surface area contributed by atoms with Crippen LogP contribution in [-0.4, -0.2) is 16.9 Å². The molecule has 1 aliphatic heterocycles. The summed E-state index contributed by atoms with van der Waals surface area (Å²) in [6.07, 6.45) is -1.51. The van der Waals surface area contributed by atoms with Crippen LogP contribution in [0.5, 0.6) is 0 Å². The molecular formula is C13H14F3NOS. The lowest BCUT2D eigenvalue weighted by atomic mass is 10.1. The second-order valence-corrected chi connectivity index (χ2v) is 5.73. The molecule has 1 aliphatic rings. The van der Waals surface area contributed by atoms with Gasteiger partial charge >= 0.3 is 6.18 Å². The number of alkyl halides is 3. The predicted molar refractivity (Wildman–Crippen MR) is 70.2 cm³/mol. The largest absolute Gasteiger partial charge is 0.416 e. The Morgan fingerprint density at radius 2 is 2.11 bits per heavy atom. The lowest BCUT2D eigenvalue weighted by Gasteiger charge is -2.20. The summed E-state index contributed by atoms with van der Waals surface area (Å²) in [4.78, 5) is 11.9. The summed E-state index contributed by atoms with van der Waals surface area (Å²) in [6, 6.07) is 4.73. The molecule has 0 aliphatic carbocycles. The highest BCUT2D eigenvalue weighted by molar-refractivity contribution is 8.00. The fourth-order valence-corrected chi connectivity index (χ4v) is 3.14. The van der Waals surface area contributed by atoms with Crippen molar-refractivity contribution >= 4 is 23.4 Å². The van der Waals surface area contributed by atoms with Crippen LogP contribution in [0, 0.1) is 0 Å². The van der Waals surface area contributed by atoms with E-state index < -0.39 is 11.7 Å². The minimum Gasteiger partial charge on any atom is -0.325 e. The Morgan fingerprint density at radius 3 is 2.74 bits per heavy atom. The van der Waals surface area contributed by atoms with Crippen molar-refractivity contribution in [3.8, 4) is 0 Å². The molecule has 0 radical (unpaired) electrons. The van der Waals surface area contributed by atoms with Crippen LogP contribution < -0.4 is 5.32 Å². The third kappa shape index (κ3) is 3.89. The molecule has 0 saturated carbocycles. The van der Waals surface area contributed by atoms with Gasteiger partial charge in [-0.05, 0) is 36.8 Å². The van der Waals surface area contributed by atoms with Crippen LogP contribution in [-0.2, 0) is 11.0 Å². The van der Waals surface area contributed by atoms with Crippen molar-refractivity contribution in [1.29, 1.82) is 0 Å². The summed E-state index contributed by atoms with van der Waals surface area (Å²) < 4.78 is 37.6. The topological polar surface area (TPSA) is 29.1 Å². The highest BCUT2D eigenvalue weighted by Gasteiger charge is 2.30. The van der Waals surface area contributed by atoms with E-state index in [1.807, 2.05) is 0 Å². The van der Waals surface area contributed by atoms with Crippen molar-refractivity contribution in [3.63, 3.8) is 0 Å². The molecule has 1 aromatic rings. The fourth-order valence-electron chi connectivity index (χ4n) is 1.94. The van der Waals surface area contributed by atoms with Crippen molar-refractivity contribution in [3.05, 3.63) is 29.8 Å². The van der Waals surface area contributed by atoms with E-state index in [4.69, 9.17) is 0 Å². The molecular weight excluding hydrogens is 275 g/mol. The van der Waals surface area contributed by atoms with Gasteiger partial charge in [0.15, 0.2) is 0 Å². The van der Waals surface area contributed by atoms with Crippen molar-refractivity contribution in [2.45, 2.75) is 30.7 Å². The standard InChI is InChI=1S/C13H14F3NOS/c14-13(15,16)9-4-3-5-10(8-9)17-12(18)11-6-1-2-7-19-11/h3-5,8,11H,1-2,6-7H2,(H,17,18). The highest BCUT2D eigenvalue weighted by Crippen LogP contribution is 2.31.